The summed E-state index contributed by atoms with van der Waals surface area (Å²) in [4.78, 5) is 26.2. The first-order chi connectivity index (χ1) is 11.3. The van der Waals surface area contributed by atoms with Gasteiger partial charge in [0.05, 0.1) is 18.7 Å². The van der Waals surface area contributed by atoms with E-state index in [2.05, 4.69) is 5.32 Å². The van der Waals surface area contributed by atoms with Gasteiger partial charge in [-0.15, -0.1) is 0 Å². The third-order valence-electron chi connectivity index (χ3n) is 3.84. The first kappa shape index (κ1) is 18.3. The van der Waals surface area contributed by atoms with Gasteiger partial charge in [0.1, 0.15) is 5.82 Å². The van der Waals surface area contributed by atoms with Crippen LogP contribution in [0.2, 0.25) is 5.02 Å². The standard InChI is InChI=1S/C17H20ClFN2O3/c1-9(2)8-21-10(3)13(16(22)24-4)15(20-17(21)23)14-11(18)6-5-7-12(14)19/h5-7,9,15H,8H2,1-4H3,(H,20,23). The Bertz CT molecular complexity index is 683. The highest BCUT2D eigenvalue weighted by atomic mass is 35.5. The van der Waals surface area contributed by atoms with E-state index in [0.717, 1.165) is 0 Å². The number of nitrogens with one attached hydrogen (secondary N) is 1. The molecule has 1 aliphatic rings. The molecule has 1 aromatic rings. The van der Waals surface area contributed by atoms with Crippen molar-refractivity contribution in [2.24, 2.45) is 5.92 Å². The fraction of sp³-hybridized carbons (Fsp3) is 0.412. The van der Waals surface area contributed by atoms with Crippen LogP contribution in [0.25, 0.3) is 0 Å². The summed E-state index contributed by atoms with van der Waals surface area (Å²) in [5.41, 5.74) is 0.657. The molecule has 5 nitrogen and oxygen atoms in total. The quantitative estimate of drug-likeness (QED) is 0.840. The van der Waals surface area contributed by atoms with Crippen LogP contribution >= 0.6 is 11.6 Å². The van der Waals surface area contributed by atoms with E-state index in [1.54, 1.807) is 6.92 Å². The molecule has 1 aliphatic heterocycles. The minimum absolute atomic E-state index is 0.0523. The number of halogens is 2. The van der Waals surface area contributed by atoms with Crippen LogP contribution in [0.3, 0.4) is 0 Å². The number of nitrogens with zero attached hydrogens (tertiary/aromatic N) is 1. The smallest absolute Gasteiger partial charge is 0.337 e. The summed E-state index contributed by atoms with van der Waals surface area (Å²) in [6.07, 6.45) is 0. The van der Waals surface area contributed by atoms with Gasteiger partial charge in [0.25, 0.3) is 0 Å². The third-order valence-corrected chi connectivity index (χ3v) is 4.17. The van der Waals surface area contributed by atoms with Gasteiger partial charge in [-0.1, -0.05) is 31.5 Å². The van der Waals surface area contributed by atoms with Gasteiger partial charge in [-0.2, -0.15) is 0 Å². The van der Waals surface area contributed by atoms with E-state index in [1.165, 1.54) is 30.2 Å². The van der Waals surface area contributed by atoms with Crippen LogP contribution in [0.1, 0.15) is 32.4 Å². The van der Waals surface area contributed by atoms with Crippen molar-refractivity contribution in [3.63, 3.8) is 0 Å². The maximum absolute atomic E-state index is 14.3. The SMILES string of the molecule is COC(=O)C1=C(C)N(CC(C)C)C(=O)NC1c1c(F)cccc1Cl. The number of carbonyl (C=O) groups is 2. The molecule has 1 heterocycles. The summed E-state index contributed by atoms with van der Waals surface area (Å²) >= 11 is 6.11. The highest BCUT2D eigenvalue weighted by molar-refractivity contribution is 6.31. The average molecular weight is 355 g/mol. The molecule has 1 atom stereocenters. The molecular weight excluding hydrogens is 335 g/mol. The lowest BCUT2D eigenvalue weighted by Crippen LogP contribution is -2.49. The van der Waals surface area contributed by atoms with Crippen molar-refractivity contribution in [2.75, 3.05) is 13.7 Å². The van der Waals surface area contributed by atoms with Gasteiger partial charge in [-0.3, -0.25) is 4.90 Å². The lowest BCUT2D eigenvalue weighted by atomic mass is 9.94. The molecule has 2 rings (SSSR count). The molecule has 0 fully saturated rings. The Labute approximate surface area is 145 Å². The fourth-order valence-electron chi connectivity index (χ4n) is 2.74. The number of rotatable bonds is 4. The van der Waals surface area contributed by atoms with E-state index in [1.807, 2.05) is 13.8 Å². The summed E-state index contributed by atoms with van der Waals surface area (Å²) in [6.45, 7) is 5.99. The highest BCUT2D eigenvalue weighted by Crippen LogP contribution is 2.36. The molecular formula is C17H20ClFN2O3. The molecule has 130 valence electrons. The number of allylic oxidation sites excluding steroid dienone is 1. The van der Waals surface area contributed by atoms with Gasteiger partial charge in [-0.05, 0) is 25.0 Å². The van der Waals surface area contributed by atoms with E-state index in [0.29, 0.717) is 12.2 Å². The fourth-order valence-corrected chi connectivity index (χ4v) is 3.02. The molecule has 0 aliphatic carbocycles. The number of urea groups is 1. The Morgan fingerprint density at radius 3 is 2.67 bits per heavy atom. The van der Waals surface area contributed by atoms with Crippen LogP contribution in [-0.2, 0) is 9.53 Å². The lowest BCUT2D eigenvalue weighted by Gasteiger charge is -2.36. The first-order valence-corrected chi connectivity index (χ1v) is 7.96. The van der Waals surface area contributed by atoms with Gasteiger partial charge in [0.2, 0.25) is 0 Å². The van der Waals surface area contributed by atoms with Crippen LogP contribution < -0.4 is 5.32 Å². The number of carbonyl (C=O) groups excluding carboxylic acids is 2. The van der Waals surface area contributed by atoms with E-state index >= 15 is 0 Å². The van der Waals surface area contributed by atoms with Gasteiger partial charge >= 0.3 is 12.0 Å². The zero-order chi connectivity index (χ0) is 18.0. The van der Waals surface area contributed by atoms with Crippen molar-refractivity contribution in [1.29, 1.82) is 0 Å². The first-order valence-electron chi connectivity index (χ1n) is 7.59. The minimum atomic E-state index is -0.998. The zero-order valence-electron chi connectivity index (χ0n) is 14.0. The normalized spacial score (nSPS) is 18.0. The van der Waals surface area contributed by atoms with Crippen LogP contribution in [0.5, 0.6) is 0 Å². The predicted molar refractivity (Wildman–Crippen MR) is 88.9 cm³/mol. The van der Waals surface area contributed by atoms with Crippen molar-refractivity contribution in [3.05, 3.63) is 45.9 Å². The maximum Gasteiger partial charge on any atom is 0.337 e. The zero-order valence-corrected chi connectivity index (χ0v) is 14.8. The number of hydrogen-bond acceptors (Lipinski definition) is 3. The largest absolute Gasteiger partial charge is 0.466 e. The average Bonchev–Trinajstić information content (AvgIpc) is 2.50. The number of hydrogen-bond donors (Lipinski definition) is 1. The van der Waals surface area contributed by atoms with E-state index in [-0.39, 0.29) is 22.1 Å². The second-order valence-electron chi connectivity index (χ2n) is 6.01. The van der Waals surface area contributed by atoms with Crippen molar-refractivity contribution < 1.29 is 18.7 Å². The topological polar surface area (TPSA) is 58.6 Å². The number of amides is 2. The summed E-state index contributed by atoms with van der Waals surface area (Å²) in [5, 5.41) is 2.80. The Balaban J connectivity index is 2.61. The molecule has 0 aromatic heterocycles. The molecule has 24 heavy (non-hydrogen) atoms. The monoisotopic (exact) mass is 354 g/mol. The third kappa shape index (κ3) is 3.38. The van der Waals surface area contributed by atoms with Crippen molar-refractivity contribution in [1.82, 2.24) is 10.2 Å². The molecule has 1 aromatic carbocycles. The summed E-state index contributed by atoms with van der Waals surface area (Å²) in [6, 6.07) is 2.81. The predicted octanol–water partition coefficient (Wildman–Crippen LogP) is 3.65. The van der Waals surface area contributed by atoms with Crippen molar-refractivity contribution in [2.45, 2.75) is 26.8 Å². The van der Waals surface area contributed by atoms with Crippen LogP contribution in [-0.4, -0.2) is 30.6 Å². The lowest BCUT2D eigenvalue weighted by molar-refractivity contribution is -0.136. The molecule has 2 amide bonds. The number of methoxy groups -OCH3 is 1. The molecule has 1 N–H and O–H groups in total. The molecule has 7 heteroatoms. The second-order valence-corrected chi connectivity index (χ2v) is 6.42. The Morgan fingerprint density at radius 1 is 1.46 bits per heavy atom. The Hall–Kier alpha value is -2.08. The van der Waals surface area contributed by atoms with E-state index < -0.39 is 23.9 Å². The summed E-state index contributed by atoms with van der Waals surface area (Å²) in [7, 11) is 1.24. The van der Waals surface area contributed by atoms with Gasteiger partial charge in [0.15, 0.2) is 0 Å². The van der Waals surface area contributed by atoms with E-state index in [9.17, 15) is 14.0 Å². The van der Waals surface area contributed by atoms with Gasteiger partial charge in [0, 0.05) is 22.8 Å². The Kier molecular flexibility index (Phi) is 5.49. The molecule has 0 spiro atoms. The second kappa shape index (κ2) is 7.21. The van der Waals surface area contributed by atoms with Crippen LogP contribution in [0.15, 0.2) is 29.5 Å². The van der Waals surface area contributed by atoms with Crippen LogP contribution in [0.4, 0.5) is 9.18 Å². The minimum Gasteiger partial charge on any atom is -0.466 e. The molecule has 0 bridgehead atoms. The maximum atomic E-state index is 14.3. The van der Waals surface area contributed by atoms with Crippen molar-refractivity contribution in [3.8, 4) is 0 Å². The highest BCUT2D eigenvalue weighted by Gasteiger charge is 2.38. The molecule has 1 unspecified atom stereocenters. The Morgan fingerprint density at radius 2 is 2.12 bits per heavy atom. The van der Waals surface area contributed by atoms with Crippen molar-refractivity contribution >= 4 is 23.6 Å². The summed E-state index contributed by atoms with van der Waals surface area (Å²) < 4.78 is 19.2. The van der Waals surface area contributed by atoms with Gasteiger partial charge < -0.3 is 10.1 Å². The molecule has 0 saturated heterocycles. The van der Waals surface area contributed by atoms with E-state index in [4.69, 9.17) is 16.3 Å². The van der Waals surface area contributed by atoms with Gasteiger partial charge in [-0.25, -0.2) is 14.0 Å². The number of ether oxygens (including phenoxy) is 1. The number of benzene rings is 1. The molecule has 0 radical (unpaired) electrons. The van der Waals surface area contributed by atoms with Crippen LogP contribution in [0, 0.1) is 11.7 Å². The summed E-state index contributed by atoms with van der Waals surface area (Å²) in [5.74, 6) is -1.04. The number of esters is 1. The molecule has 0 saturated carbocycles.